The fourth-order valence-corrected chi connectivity index (χ4v) is 2.02. The van der Waals surface area contributed by atoms with Gasteiger partial charge in [-0.2, -0.15) is 0 Å². The first-order valence-electron chi connectivity index (χ1n) is 5.64. The van der Waals surface area contributed by atoms with Gasteiger partial charge in [0.25, 0.3) is 0 Å². The molecule has 1 heterocycles. The zero-order chi connectivity index (χ0) is 13.7. The highest BCUT2D eigenvalue weighted by Gasteiger charge is 2.53. The van der Waals surface area contributed by atoms with Crippen LogP contribution in [-0.4, -0.2) is 18.3 Å². The van der Waals surface area contributed by atoms with Crippen LogP contribution in [0.2, 0.25) is 5.02 Å². The molecule has 0 atom stereocenters. The SMILES string of the molecule is CC1(C)OB(c2c(F)cc(F)cc2Cl)OC1(C)C. The molecule has 0 saturated carbocycles. The summed E-state index contributed by atoms with van der Waals surface area (Å²) in [6, 6.07) is 1.82. The van der Waals surface area contributed by atoms with Crippen LogP contribution in [0.4, 0.5) is 8.78 Å². The van der Waals surface area contributed by atoms with E-state index in [2.05, 4.69) is 0 Å². The van der Waals surface area contributed by atoms with E-state index in [1.807, 2.05) is 27.7 Å². The maximum Gasteiger partial charge on any atom is 0.499 e. The second-order valence-electron chi connectivity index (χ2n) is 5.37. The smallest absolute Gasteiger partial charge is 0.399 e. The molecule has 0 bridgehead atoms. The minimum atomic E-state index is -0.928. The van der Waals surface area contributed by atoms with Gasteiger partial charge in [-0.05, 0) is 33.8 Å². The first-order chi connectivity index (χ1) is 8.14. The summed E-state index contributed by atoms with van der Waals surface area (Å²) in [4.78, 5) is 0. The lowest BCUT2D eigenvalue weighted by Gasteiger charge is -2.32. The Labute approximate surface area is 110 Å². The minimum absolute atomic E-state index is 0.0361. The van der Waals surface area contributed by atoms with Crippen molar-refractivity contribution in [2.45, 2.75) is 38.9 Å². The maximum absolute atomic E-state index is 13.8. The van der Waals surface area contributed by atoms with Crippen molar-refractivity contribution in [3.8, 4) is 0 Å². The topological polar surface area (TPSA) is 18.5 Å². The van der Waals surface area contributed by atoms with Gasteiger partial charge < -0.3 is 9.31 Å². The molecule has 98 valence electrons. The van der Waals surface area contributed by atoms with Crippen molar-refractivity contribution in [3.63, 3.8) is 0 Å². The highest BCUT2D eigenvalue weighted by Crippen LogP contribution is 2.37. The van der Waals surface area contributed by atoms with Gasteiger partial charge in [0.2, 0.25) is 0 Å². The molecule has 0 N–H and O–H groups in total. The van der Waals surface area contributed by atoms with Crippen molar-refractivity contribution in [3.05, 3.63) is 28.8 Å². The molecule has 0 radical (unpaired) electrons. The van der Waals surface area contributed by atoms with E-state index in [1.54, 1.807) is 0 Å². The third-order valence-corrected chi connectivity index (χ3v) is 3.85. The van der Waals surface area contributed by atoms with E-state index >= 15 is 0 Å². The molecule has 1 fully saturated rings. The van der Waals surface area contributed by atoms with Crippen LogP contribution >= 0.6 is 11.6 Å². The van der Waals surface area contributed by atoms with Crippen molar-refractivity contribution in [1.82, 2.24) is 0 Å². The van der Waals surface area contributed by atoms with Gasteiger partial charge in [0.15, 0.2) is 0 Å². The summed E-state index contributed by atoms with van der Waals surface area (Å²) < 4.78 is 38.1. The van der Waals surface area contributed by atoms with E-state index in [9.17, 15) is 8.78 Å². The lowest BCUT2D eigenvalue weighted by Crippen LogP contribution is -2.41. The van der Waals surface area contributed by atoms with Gasteiger partial charge in [-0.3, -0.25) is 0 Å². The normalized spacial score (nSPS) is 21.4. The second-order valence-corrected chi connectivity index (χ2v) is 5.78. The summed E-state index contributed by atoms with van der Waals surface area (Å²) >= 11 is 5.86. The Bertz CT molecular complexity index is 452. The van der Waals surface area contributed by atoms with Gasteiger partial charge >= 0.3 is 7.12 Å². The number of halogens is 3. The van der Waals surface area contributed by atoms with Crippen molar-refractivity contribution in [1.29, 1.82) is 0 Å². The average Bonchev–Trinajstić information content (AvgIpc) is 2.32. The fourth-order valence-electron chi connectivity index (χ4n) is 1.74. The summed E-state index contributed by atoms with van der Waals surface area (Å²) in [6.45, 7) is 7.40. The lowest BCUT2D eigenvalue weighted by atomic mass is 9.78. The zero-order valence-corrected chi connectivity index (χ0v) is 11.4. The first-order valence-corrected chi connectivity index (χ1v) is 6.02. The van der Waals surface area contributed by atoms with Crippen LogP contribution in [0.15, 0.2) is 12.1 Å². The Hall–Kier alpha value is -0.645. The van der Waals surface area contributed by atoms with Crippen molar-refractivity contribution in [2.75, 3.05) is 0 Å². The van der Waals surface area contributed by atoms with E-state index in [0.29, 0.717) is 0 Å². The summed E-state index contributed by atoms with van der Waals surface area (Å²) in [7, 11) is -0.928. The highest BCUT2D eigenvalue weighted by molar-refractivity contribution is 6.65. The molecule has 2 nitrogen and oxygen atoms in total. The van der Waals surface area contributed by atoms with Gasteiger partial charge in [0, 0.05) is 16.6 Å². The summed E-state index contributed by atoms with van der Waals surface area (Å²) in [5.41, 5.74) is -1.15. The van der Waals surface area contributed by atoms with E-state index in [-0.39, 0.29) is 10.5 Å². The molecule has 1 aliphatic rings. The number of rotatable bonds is 1. The molecule has 2 rings (SSSR count). The second kappa shape index (κ2) is 4.18. The van der Waals surface area contributed by atoms with Crippen LogP contribution in [0.3, 0.4) is 0 Å². The van der Waals surface area contributed by atoms with Crippen LogP contribution < -0.4 is 5.46 Å². The monoisotopic (exact) mass is 274 g/mol. The largest absolute Gasteiger partial charge is 0.499 e. The predicted molar refractivity (Wildman–Crippen MR) is 67.1 cm³/mol. The average molecular weight is 275 g/mol. The molecule has 0 spiro atoms. The van der Waals surface area contributed by atoms with E-state index in [0.717, 1.165) is 12.1 Å². The number of hydrogen-bond acceptors (Lipinski definition) is 2. The molecule has 0 aliphatic carbocycles. The quantitative estimate of drug-likeness (QED) is 0.733. The lowest BCUT2D eigenvalue weighted by molar-refractivity contribution is 0.00578. The molecule has 1 saturated heterocycles. The first kappa shape index (κ1) is 13.8. The zero-order valence-electron chi connectivity index (χ0n) is 10.7. The van der Waals surface area contributed by atoms with Gasteiger partial charge in [-0.1, -0.05) is 11.6 Å². The molecule has 18 heavy (non-hydrogen) atoms. The Balaban J connectivity index is 2.42. The fraction of sp³-hybridized carbons (Fsp3) is 0.500. The molecule has 0 amide bonds. The van der Waals surface area contributed by atoms with Gasteiger partial charge in [-0.25, -0.2) is 8.78 Å². The van der Waals surface area contributed by atoms with E-state index < -0.39 is 30.0 Å². The Morgan fingerprint density at radius 2 is 1.56 bits per heavy atom. The molecule has 0 aromatic heterocycles. The number of benzene rings is 1. The van der Waals surface area contributed by atoms with Crippen molar-refractivity contribution >= 4 is 24.2 Å². The summed E-state index contributed by atoms with van der Waals surface area (Å²) in [5, 5.41) is -0.0361. The Morgan fingerprint density at radius 3 is 2.00 bits per heavy atom. The third-order valence-electron chi connectivity index (χ3n) is 3.53. The Morgan fingerprint density at radius 1 is 1.06 bits per heavy atom. The van der Waals surface area contributed by atoms with E-state index in [1.165, 1.54) is 0 Å². The van der Waals surface area contributed by atoms with E-state index in [4.69, 9.17) is 20.9 Å². The standard InChI is InChI=1S/C12H14BClF2O2/c1-11(2)12(3,4)18-13(17-11)10-8(14)5-7(15)6-9(10)16/h5-6H,1-4H3. The maximum atomic E-state index is 13.8. The summed E-state index contributed by atoms with van der Waals surface area (Å²) in [5.74, 6) is -1.49. The number of hydrogen-bond donors (Lipinski definition) is 0. The van der Waals surface area contributed by atoms with Crippen LogP contribution in [0.5, 0.6) is 0 Å². The third kappa shape index (κ3) is 2.15. The minimum Gasteiger partial charge on any atom is -0.399 e. The summed E-state index contributed by atoms with van der Waals surface area (Å²) in [6.07, 6.45) is 0. The van der Waals surface area contributed by atoms with Crippen LogP contribution in [0, 0.1) is 11.6 Å². The van der Waals surface area contributed by atoms with Gasteiger partial charge in [0.05, 0.1) is 11.2 Å². The molecule has 0 unspecified atom stereocenters. The molecule has 1 aliphatic heterocycles. The van der Waals surface area contributed by atoms with Crippen LogP contribution in [-0.2, 0) is 9.31 Å². The molecular formula is C12H14BClF2O2. The van der Waals surface area contributed by atoms with Crippen molar-refractivity contribution in [2.24, 2.45) is 0 Å². The Kier molecular flexibility index (Phi) is 3.20. The molecule has 1 aromatic rings. The van der Waals surface area contributed by atoms with Crippen molar-refractivity contribution < 1.29 is 18.1 Å². The van der Waals surface area contributed by atoms with Gasteiger partial charge in [-0.15, -0.1) is 0 Å². The van der Waals surface area contributed by atoms with Gasteiger partial charge in [0.1, 0.15) is 11.6 Å². The highest BCUT2D eigenvalue weighted by atomic mass is 35.5. The predicted octanol–water partition coefficient (Wildman–Crippen LogP) is 2.92. The van der Waals surface area contributed by atoms with Crippen LogP contribution in [0.1, 0.15) is 27.7 Å². The molecule has 6 heteroatoms. The molecular weight excluding hydrogens is 260 g/mol. The van der Waals surface area contributed by atoms with Crippen LogP contribution in [0.25, 0.3) is 0 Å². The molecule has 1 aromatic carbocycles.